The molecule has 0 saturated carbocycles. The highest BCUT2D eigenvalue weighted by Crippen LogP contribution is 2.31. The molecule has 1 amide bonds. The Balaban J connectivity index is 1.50. The third-order valence-electron chi connectivity index (χ3n) is 4.69. The lowest BCUT2D eigenvalue weighted by atomic mass is 10.1. The molecular weight excluding hydrogens is 386 g/mol. The van der Waals surface area contributed by atoms with Crippen molar-refractivity contribution in [2.75, 3.05) is 13.2 Å². The number of hydrogen-bond donors (Lipinski definition) is 1. The number of ether oxygens (including phenoxy) is 1. The van der Waals surface area contributed by atoms with Crippen molar-refractivity contribution in [2.45, 2.75) is 20.3 Å². The maximum atomic E-state index is 12.6. The second-order valence-electron chi connectivity index (χ2n) is 6.83. The molecule has 2 aromatic carbocycles. The summed E-state index contributed by atoms with van der Waals surface area (Å²) in [5, 5.41) is 4.24. The highest BCUT2D eigenvalue weighted by Gasteiger charge is 2.16. The fraction of sp³-hybridized carbons (Fsp3) is 0.217. The van der Waals surface area contributed by atoms with Gasteiger partial charge in [0.15, 0.2) is 0 Å². The monoisotopic (exact) mass is 407 g/mol. The number of fused-ring (bicyclic) bond motifs is 3. The van der Waals surface area contributed by atoms with Gasteiger partial charge in [0, 0.05) is 11.9 Å². The lowest BCUT2D eigenvalue weighted by molar-refractivity contribution is 0.0958. The molecule has 0 aliphatic rings. The van der Waals surface area contributed by atoms with Crippen molar-refractivity contribution >= 4 is 38.3 Å². The molecule has 0 radical (unpaired) electrons. The van der Waals surface area contributed by atoms with E-state index in [9.17, 15) is 9.59 Å². The molecule has 2 aromatic heterocycles. The van der Waals surface area contributed by atoms with Gasteiger partial charge in [0.1, 0.15) is 11.3 Å². The third-order valence-corrected chi connectivity index (χ3v) is 5.86. The van der Waals surface area contributed by atoms with E-state index in [-0.39, 0.29) is 5.91 Å². The van der Waals surface area contributed by atoms with Crippen LogP contribution in [0.25, 0.3) is 21.1 Å². The zero-order valence-corrected chi connectivity index (χ0v) is 17.1. The minimum absolute atomic E-state index is 0.183. The number of carbonyl (C=O) groups is 1. The van der Waals surface area contributed by atoms with Crippen molar-refractivity contribution in [1.29, 1.82) is 0 Å². The minimum atomic E-state index is -0.416. The summed E-state index contributed by atoms with van der Waals surface area (Å²) in [6.45, 7) is 5.08. The Hall–Kier alpha value is -3.12. The lowest BCUT2D eigenvalue weighted by Gasteiger charge is -2.06. The summed E-state index contributed by atoms with van der Waals surface area (Å²) in [7, 11) is 0. The summed E-state index contributed by atoms with van der Waals surface area (Å²) >= 11 is 1.32. The first-order valence-corrected chi connectivity index (χ1v) is 10.3. The predicted octanol–water partition coefficient (Wildman–Crippen LogP) is 4.69. The molecule has 2 heterocycles. The second-order valence-corrected chi connectivity index (χ2v) is 7.88. The maximum absolute atomic E-state index is 12.6. The van der Waals surface area contributed by atoms with Crippen molar-refractivity contribution in [2.24, 2.45) is 0 Å². The Morgan fingerprint density at radius 1 is 1.10 bits per heavy atom. The molecule has 0 bridgehead atoms. The van der Waals surface area contributed by atoms with Crippen LogP contribution in [0.2, 0.25) is 0 Å². The van der Waals surface area contributed by atoms with Crippen LogP contribution in [-0.4, -0.2) is 19.1 Å². The molecule has 148 valence electrons. The first kappa shape index (κ1) is 19.2. The molecule has 0 saturated heterocycles. The van der Waals surface area contributed by atoms with E-state index in [4.69, 9.17) is 9.15 Å². The van der Waals surface area contributed by atoms with Crippen LogP contribution in [0.1, 0.15) is 27.7 Å². The summed E-state index contributed by atoms with van der Waals surface area (Å²) in [5.74, 6) is 0.657. The van der Waals surface area contributed by atoms with Gasteiger partial charge in [-0.3, -0.25) is 4.79 Å². The van der Waals surface area contributed by atoms with Gasteiger partial charge in [0.05, 0.1) is 21.6 Å². The number of amides is 1. The zero-order chi connectivity index (χ0) is 20.4. The van der Waals surface area contributed by atoms with E-state index in [0.29, 0.717) is 35.4 Å². The largest absolute Gasteiger partial charge is 0.494 e. The van der Waals surface area contributed by atoms with Gasteiger partial charge in [0.2, 0.25) is 0 Å². The minimum Gasteiger partial charge on any atom is -0.494 e. The number of thiophene rings is 1. The summed E-state index contributed by atoms with van der Waals surface area (Å²) < 4.78 is 11.6. The van der Waals surface area contributed by atoms with E-state index < -0.39 is 5.63 Å². The SMILES string of the molecule is CCOc1ccc(CCNC(=O)c2cc3c(=O)oc4ccc(C)cc4c3s2)cc1. The first-order chi connectivity index (χ1) is 14.0. The van der Waals surface area contributed by atoms with E-state index in [1.54, 1.807) is 12.1 Å². The zero-order valence-electron chi connectivity index (χ0n) is 16.3. The molecular formula is C23H21NO4S. The molecule has 0 fully saturated rings. The molecule has 0 atom stereocenters. The fourth-order valence-corrected chi connectivity index (χ4v) is 4.33. The van der Waals surface area contributed by atoms with E-state index in [0.717, 1.165) is 27.0 Å². The van der Waals surface area contributed by atoms with Crippen LogP contribution in [0.4, 0.5) is 0 Å². The first-order valence-electron chi connectivity index (χ1n) is 9.52. The molecule has 0 aliphatic heterocycles. The van der Waals surface area contributed by atoms with Gasteiger partial charge in [-0.25, -0.2) is 4.79 Å². The van der Waals surface area contributed by atoms with E-state index in [1.165, 1.54) is 11.3 Å². The summed E-state index contributed by atoms with van der Waals surface area (Å²) in [5.41, 5.74) is 2.31. The Morgan fingerprint density at radius 2 is 1.90 bits per heavy atom. The van der Waals surface area contributed by atoms with Crippen molar-refractivity contribution in [3.8, 4) is 5.75 Å². The van der Waals surface area contributed by atoms with Crippen LogP contribution in [-0.2, 0) is 6.42 Å². The fourth-order valence-electron chi connectivity index (χ4n) is 3.25. The number of rotatable bonds is 6. The smallest absolute Gasteiger partial charge is 0.345 e. The normalized spacial score (nSPS) is 11.1. The van der Waals surface area contributed by atoms with E-state index in [2.05, 4.69) is 5.32 Å². The predicted molar refractivity (Wildman–Crippen MR) is 116 cm³/mol. The molecule has 1 N–H and O–H groups in total. The molecule has 0 unspecified atom stereocenters. The Kier molecular flexibility index (Phi) is 5.36. The summed E-state index contributed by atoms with van der Waals surface area (Å²) in [6.07, 6.45) is 0.716. The van der Waals surface area contributed by atoms with Crippen molar-refractivity contribution in [3.63, 3.8) is 0 Å². The summed E-state index contributed by atoms with van der Waals surface area (Å²) in [4.78, 5) is 25.4. The van der Waals surface area contributed by atoms with Gasteiger partial charge >= 0.3 is 5.63 Å². The highest BCUT2D eigenvalue weighted by molar-refractivity contribution is 7.21. The molecule has 29 heavy (non-hydrogen) atoms. The highest BCUT2D eigenvalue weighted by atomic mass is 32.1. The van der Waals surface area contributed by atoms with Crippen molar-refractivity contribution in [3.05, 3.63) is 75.0 Å². The third kappa shape index (κ3) is 4.03. The average Bonchev–Trinajstić information content (AvgIpc) is 3.17. The number of benzene rings is 2. The molecule has 4 rings (SSSR count). The van der Waals surface area contributed by atoms with Gasteiger partial charge in [0.25, 0.3) is 5.91 Å². The topological polar surface area (TPSA) is 68.5 Å². The molecule has 0 aliphatic carbocycles. The van der Waals surface area contributed by atoms with Crippen LogP contribution in [0.3, 0.4) is 0 Å². The lowest BCUT2D eigenvalue weighted by Crippen LogP contribution is -2.24. The van der Waals surface area contributed by atoms with Crippen LogP contribution < -0.4 is 15.7 Å². The van der Waals surface area contributed by atoms with Gasteiger partial charge < -0.3 is 14.5 Å². The number of carbonyl (C=O) groups excluding carboxylic acids is 1. The maximum Gasteiger partial charge on any atom is 0.345 e. The number of nitrogens with one attached hydrogen (secondary N) is 1. The molecule has 0 spiro atoms. The van der Waals surface area contributed by atoms with E-state index >= 15 is 0 Å². The Bertz CT molecular complexity index is 1240. The van der Waals surface area contributed by atoms with Crippen molar-refractivity contribution in [1.82, 2.24) is 5.32 Å². The Morgan fingerprint density at radius 3 is 2.66 bits per heavy atom. The van der Waals surface area contributed by atoms with E-state index in [1.807, 2.05) is 50.2 Å². The standard InChI is InChI=1S/C23H21NO4S/c1-3-27-16-7-5-15(6-8-16)10-11-24-22(25)20-13-18-21(29-20)17-12-14(2)4-9-19(17)28-23(18)26/h4-9,12-13H,3,10-11H2,1-2H3,(H,24,25). The van der Waals surface area contributed by atoms with Crippen LogP contribution >= 0.6 is 11.3 Å². The van der Waals surface area contributed by atoms with Gasteiger partial charge in [-0.2, -0.15) is 0 Å². The van der Waals surface area contributed by atoms with Crippen molar-refractivity contribution < 1.29 is 13.9 Å². The second kappa shape index (κ2) is 8.09. The molecule has 6 heteroatoms. The molecule has 4 aromatic rings. The average molecular weight is 407 g/mol. The molecule has 5 nitrogen and oxygen atoms in total. The van der Waals surface area contributed by atoms with Crippen LogP contribution in [0, 0.1) is 6.92 Å². The van der Waals surface area contributed by atoms with Gasteiger partial charge in [-0.05, 0) is 56.2 Å². The number of aryl methyl sites for hydroxylation is 1. The van der Waals surface area contributed by atoms with Gasteiger partial charge in [-0.15, -0.1) is 11.3 Å². The quantitative estimate of drug-likeness (QED) is 0.471. The van der Waals surface area contributed by atoms with Crippen LogP contribution in [0.5, 0.6) is 5.75 Å². The van der Waals surface area contributed by atoms with Gasteiger partial charge in [-0.1, -0.05) is 23.8 Å². The van der Waals surface area contributed by atoms with Crippen LogP contribution in [0.15, 0.2) is 57.7 Å². The summed E-state index contributed by atoms with van der Waals surface area (Å²) in [6, 6.07) is 15.1. The number of hydrogen-bond acceptors (Lipinski definition) is 5. The Labute approximate surface area is 171 Å².